The van der Waals surface area contributed by atoms with Crippen molar-refractivity contribution in [2.24, 2.45) is 5.92 Å². The number of ether oxygens (including phenoxy) is 2. The first kappa shape index (κ1) is 15.8. The van der Waals surface area contributed by atoms with Crippen molar-refractivity contribution in [2.45, 2.75) is 25.7 Å². The van der Waals surface area contributed by atoms with Gasteiger partial charge in [-0.2, -0.15) is 0 Å². The van der Waals surface area contributed by atoms with Gasteiger partial charge < -0.3 is 14.8 Å². The highest BCUT2D eigenvalue weighted by molar-refractivity contribution is 5.91. The molecule has 6 nitrogen and oxygen atoms in total. The highest BCUT2D eigenvalue weighted by atomic mass is 16.7. The van der Waals surface area contributed by atoms with Crippen molar-refractivity contribution in [3.8, 4) is 0 Å². The van der Waals surface area contributed by atoms with E-state index in [2.05, 4.69) is 11.9 Å². The third-order valence-corrected chi connectivity index (χ3v) is 3.50. The maximum atomic E-state index is 11.7. The number of amides is 1. The van der Waals surface area contributed by atoms with Crippen LogP contribution in [-0.2, 0) is 25.7 Å². The van der Waals surface area contributed by atoms with E-state index in [0.717, 1.165) is 5.56 Å². The van der Waals surface area contributed by atoms with Crippen molar-refractivity contribution in [2.75, 3.05) is 0 Å². The van der Waals surface area contributed by atoms with Crippen LogP contribution < -0.4 is 5.32 Å². The maximum absolute atomic E-state index is 11.7. The number of carbonyl (C=O) groups excluding carboxylic acids is 3. The van der Waals surface area contributed by atoms with Gasteiger partial charge in [0.1, 0.15) is 19.0 Å². The molecule has 1 heterocycles. The SMILES string of the molecule is C=C(C=O)[C@H]1NC(=O)[C@@H]1[C@@H](C)OC(=O)OCc1ccccc1. The topological polar surface area (TPSA) is 81.7 Å². The van der Waals surface area contributed by atoms with Gasteiger partial charge in [0.25, 0.3) is 0 Å². The van der Waals surface area contributed by atoms with Gasteiger partial charge in [-0.1, -0.05) is 36.9 Å². The van der Waals surface area contributed by atoms with E-state index in [9.17, 15) is 14.4 Å². The second kappa shape index (κ2) is 6.89. The van der Waals surface area contributed by atoms with Crippen LogP contribution in [0, 0.1) is 5.92 Å². The Morgan fingerprint density at radius 3 is 2.68 bits per heavy atom. The molecule has 22 heavy (non-hydrogen) atoms. The molecule has 0 spiro atoms. The smallest absolute Gasteiger partial charge is 0.430 e. The Kier molecular flexibility index (Phi) is 4.93. The lowest BCUT2D eigenvalue weighted by molar-refractivity contribution is -0.140. The third kappa shape index (κ3) is 3.52. The summed E-state index contributed by atoms with van der Waals surface area (Å²) in [7, 11) is 0. The van der Waals surface area contributed by atoms with E-state index in [4.69, 9.17) is 9.47 Å². The van der Waals surface area contributed by atoms with Gasteiger partial charge >= 0.3 is 6.16 Å². The lowest BCUT2D eigenvalue weighted by Gasteiger charge is -2.39. The van der Waals surface area contributed by atoms with Gasteiger partial charge in [0, 0.05) is 5.57 Å². The van der Waals surface area contributed by atoms with Crippen molar-refractivity contribution < 1.29 is 23.9 Å². The number of rotatable bonds is 6. The number of carbonyl (C=O) groups is 3. The van der Waals surface area contributed by atoms with Crippen LogP contribution in [0.15, 0.2) is 42.5 Å². The van der Waals surface area contributed by atoms with E-state index in [1.54, 1.807) is 6.92 Å². The van der Waals surface area contributed by atoms with Gasteiger partial charge in [0.2, 0.25) is 5.91 Å². The Bertz CT molecular complexity index is 583. The molecule has 1 aromatic rings. The molecule has 0 saturated carbocycles. The van der Waals surface area contributed by atoms with Gasteiger partial charge in [-0.25, -0.2) is 4.79 Å². The zero-order valence-electron chi connectivity index (χ0n) is 12.2. The Balaban J connectivity index is 1.84. The maximum Gasteiger partial charge on any atom is 0.508 e. The second-order valence-corrected chi connectivity index (χ2v) is 5.05. The molecule has 1 aliphatic heterocycles. The Morgan fingerprint density at radius 1 is 1.41 bits per heavy atom. The molecule has 0 bridgehead atoms. The Labute approximate surface area is 128 Å². The lowest BCUT2D eigenvalue weighted by atomic mass is 9.82. The molecule has 1 aromatic carbocycles. The lowest BCUT2D eigenvalue weighted by Crippen LogP contribution is -2.63. The first-order valence-corrected chi connectivity index (χ1v) is 6.84. The van der Waals surface area contributed by atoms with Crippen molar-refractivity contribution in [1.82, 2.24) is 5.32 Å². The van der Waals surface area contributed by atoms with E-state index < -0.39 is 24.2 Å². The van der Waals surface area contributed by atoms with Crippen LogP contribution >= 0.6 is 0 Å². The summed E-state index contributed by atoms with van der Waals surface area (Å²) in [5.41, 5.74) is 1.08. The van der Waals surface area contributed by atoms with Crippen molar-refractivity contribution in [3.63, 3.8) is 0 Å². The average molecular weight is 303 g/mol. The summed E-state index contributed by atoms with van der Waals surface area (Å²) in [4.78, 5) is 33.9. The van der Waals surface area contributed by atoms with Crippen LogP contribution in [0.5, 0.6) is 0 Å². The molecule has 2 rings (SSSR count). The monoisotopic (exact) mass is 303 g/mol. The third-order valence-electron chi connectivity index (χ3n) is 3.50. The first-order chi connectivity index (χ1) is 10.5. The minimum Gasteiger partial charge on any atom is -0.430 e. The molecule has 1 amide bonds. The molecule has 1 aliphatic rings. The fourth-order valence-corrected chi connectivity index (χ4v) is 2.25. The molecule has 1 saturated heterocycles. The van der Waals surface area contributed by atoms with Crippen molar-refractivity contribution >= 4 is 18.3 Å². The molecule has 3 atom stereocenters. The number of benzene rings is 1. The number of aldehydes is 1. The Morgan fingerprint density at radius 2 is 2.09 bits per heavy atom. The summed E-state index contributed by atoms with van der Waals surface area (Å²) >= 11 is 0. The van der Waals surface area contributed by atoms with Gasteiger partial charge in [0.05, 0.1) is 12.0 Å². The van der Waals surface area contributed by atoms with E-state index in [0.29, 0.717) is 6.29 Å². The normalized spacial score (nSPS) is 21.0. The highest BCUT2D eigenvalue weighted by Crippen LogP contribution is 2.25. The molecule has 1 N–H and O–H groups in total. The predicted octanol–water partition coefficient (Wildman–Crippen LogP) is 1.60. The van der Waals surface area contributed by atoms with Crippen LogP contribution in [0.3, 0.4) is 0 Å². The average Bonchev–Trinajstić information content (AvgIpc) is 2.50. The molecule has 0 aromatic heterocycles. The predicted molar refractivity (Wildman–Crippen MR) is 77.8 cm³/mol. The minimum atomic E-state index is -0.855. The molecular weight excluding hydrogens is 286 g/mol. The minimum absolute atomic E-state index is 0.0910. The van der Waals surface area contributed by atoms with Gasteiger partial charge in [-0.3, -0.25) is 9.59 Å². The number of nitrogens with one attached hydrogen (secondary N) is 1. The van der Waals surface area contributed by atoms with Crippen LogP contribution in [0.2, 0.25) is 0 Å². The number of β-lactam (4-membered cyclic amide) rings is 1. The summed E-state index contributed by atoms with van der Waals surface area (Å²) in [6, 6.07) is 8.67. The zero-order chi connectivity index (χ0) is 16.1. The second-order valence-electron chi connectivity index (χ2n) is 5.05. The summed E-state index contributed by atoms with van der Waals surface area (Å²) in [5.74, 6) is -0.904. The summed E-state index contributed by atoms with van der Waals surface area (Å²) in [6.45, 7) is 5.24. The molecule has 0 radical (unpaired) electrons. The van der Waals surface area contributed by atoms with E-state index in [-0.39, 0.29) is 18.1 Å². The van der Waals surface area contributed by atoms with Crippen molar-refractivity contribution in [3.05, 3.63) is 48.0 Å². The van der Waals surface area contributed by atoms with Crippen LogP contribution in [0.4, 0.5) is 4.79 Å². The van der Waals surface area contributed by atoms with Gasteiger partial charge in [-0.05, 0) is 12.5 Å². The van der Waals surface area contributed by atoms with E-state index in [1.165, 1.54) is 0 Å². The van der Waals surface area contributed by atoms with Gasteiger partial charge in [-0.15, -0.1) is 0 Å². The highest BCUT2D eigenvalue weighted by Gasteiger charge is 2.46. The first-order valence-electron chi connectivity index (χ1n) is 6.84. The fourth-order valence-electron chi connectivity index (χ4n) is 2.25. The standard InChI is InChI=1S/C16H17NO5/c1-10(8-18)14-13(15(19)17-14)11(2)22-16(20)21-9-12-6-4-3-5-7-12/h3-8,11,13-14H,1,9H2,2H3,(H,17,19)/t11-,13-,14-/m1/s1. The largest absolute Gasteiger partial charge is 0.508 e. The van der Waals surface area contributed by atoms with E-state index >= 15 is 0 Å². The number of hydrogen-bond acceptors (Lipinski definition) is 5. The van der Waals surface area contributed by atoms with Crippen LogP contribution in [0.25, 0.3) is 0 Å². The molecule has 1 fully saturated rings. The summed E-state index contributed by atoms with van der Waals surface area (Å²) in [6.07, 6.45) is -0.984. The summed E-state index contributed by atoms with van der Waals surface area (Å²) in [5, 5.41) is 2.55. The van der Waals surface area contributed by atoms with Crippen LogP contribution in [-0.4, -0.2) is 30.5 Å². The fraction of sp³-hybridized carbons (Fsp3) is 0.312. The summed E-state index contributed by atoms with van der Waals surface area (Å²) < 4.78 is 10.1. The van der Waals surface area contributed by atoms with E-state index in [1.807, 2.05) is 30.3 Å². The van der Waals surface area contributed by atoms with Crippen molar-refractivity contribution in [1.29, 1.82) is 0 Å². The van der Waals surface area contributed by atoms with Gasteiger partial charge in [0.15, 0.2) is 0 Å². The van der Waals surface area contributed by atoms with Crippen LogP contribution in [0.1, 0.15) is 12.5 Å². The number of hydrogen-bond donors (Lipinski definition) is 1. The molecule has 116 valence electrons. The zero-order valence-corrected chi connectivity index (χ0v) is 12.2. The molecular formula is C16H17NO5. The Hall–Kier alpha value is -2.63. The molecule has 6 heteroatoms. The molecule has 0 unspecified atom stereocenters. The quantitative estimate of drug-likeness (QED) is 0.373. The molecule has 0 aliphatic carbocycles.